The third-order valence-electron chi connectivity index (χ3n) is 7.16. The maximum absolute atomic E-state index is 3.81. The van der Waals surface area contributed by atoms with E-state index in [2.05, 4.69) is 56.7 Å². The molecule has 1 aliphatic carbocycles. The van der Waals surface area contributed by atoms with E-state index < -0.39 is 0 Å². The van der Waals surface area contributed by atoms with Crippen LogP contribution >= 0.6 is 0 Å². The van der Waals surface area contributed by atoms with Gasteiger partial charge in [-0.3, -0.25) is 4.90 Å². The topological polar surface area (TPSA) is 18.5 Å². The van der Waals surface area contributed by atoms with Gasteiger partial charge >= 0.3 is 0 Å². The van der Waals surface area contributed by atoms with E-state index in [4.69, 9.17) is 0 Å². The van der Waals surface area contributed by atoms with Gasteiger partial charge in [-0.25, -0.2) is 0 Å². The lowest BCUT2D eigenvalue weighted by Crippen LogP contribution is -2.57. The van der Waals surface area contributed by atoms with Crippen LogP contribution in [0, 0.1) is 17.3 Å². The van der Waals surface area contributed by atoms with Crippen molar-refractivity contribution in [3.8, 4) is 0 Å². The predicted octanol–water partition coefficient (Wildman–Crippen LogP) is 4.38. The smallest absolute Gasteiger partial charge is 0.00990 e. The summed E-state index contributed by atoms with van der Waals surface area (Å²) in [5.74, 6) is 1.86. The lowest BCUT2D eigenvalue weighted by Gasteiger charge is -2.49. The van der Waals surface area contributed by atoms with E-state index in [9.17, 15) is 0 Å². The molecule has 2 heterocycles. The van der Waals surface area contributed by atoms with Crippen molar-refractivity contribution in [1.29, 1.82) is 0 Å². The van der Waals surface area contributed by atoms with E-state index in [1.165, 1.54) is 71.2 Å². The summed E-state index contributed by atoms with van der Waals surface area (Å²) >= 11 is 0. The van der Waals surface area contributed by atoms with Crippen molar-refractivity contribution in [2.45, 2.75) is 97.7 Å². The monoisotopic (exact) mass is 363 g/mol. The fourth-order valence-corrected chi connectivity index (χ4v) is 5.57. The Morgan fingerprint density at radius 3 is 1.88 bits per heavy atom. The Bertz CT molecular complexity index is 425. The number of hydrogen-bond acceptors (Lipinski definition) is 3. The number of likely N-dealkylation sites (tertiary alicyclic amines) is 2. The van der Waals surface area contributed by atoms with Gasteiger partial charge in [0.25, 0.3) is 0 Å². The van der Waals surface area contributed by atoms with Crippen LogP contribution in [0.15, 0.2) is 0 Å². The molecule has 3 heteroatoms. The highest BCUT2D eigenvalue weighted by Gasteiger charge is 2.36. The molecule has 0 aromatic rings. The number of hydrogen-bond donors (Lipinski definition) is 1. The molecule has 0 amide bonds. The molecular formula is C23H45N3. The van der Waals surface area contributed by atoms with E-state index in [0.717, 1.165) is 23.9 Å². The minimum absolute atomic E-state index is 0.264. The standard InChI is InChI=1S/C23H45N3/c1-22(2,3)19-11-13-25(14-12-19)15-18-16-26(17-18)21-9-7-20(8-10-21)24-23(4,5)6/h18-21,24H,7-17H2,1-6H3. The van der Waals surface area contributed by atoms with Crippen LogP contribution in [-0.2, 0) is 0 Å². The summed E-state index contributed by atoms with van der Waals surface area (Å²) in [6.07, 6.45) is 8.34. The molecule has 3 nitrogen and oxygen atoms in total. The van der Waals surface area contributed by atoms with Gasteiger partial charge in [0.2, 0.25) is 0 Å². The lowest BCUT2D eigenvalue weighted by atomic mass is 9.75. The average molecular weight is 364 g/mol. The van der Waals surface area contributed by atoms with Gasteiger partial charge in [-0.05, 0) is 89.6 Å². The Morgan fingerprint density at radius 2 is 1.38 bits per heavy atom. The molecule has 0 bridgehead atoms. The third kappa shape index (κ3) is 5.69. The van der Waals surface area contributed by atoms with Gasteiger partial charge in [0, 0.05) is 37.3 Å². The third-order valence-corrected chi connectivity index (χ3v) is 7.16. The molecule has 0 aromatic carbocycles. The number of nitrogens with zero attached hydrogens (tertiary/aromatic N) is 2. The molecule has 0 aromatic heterocycles. The van der Waals surface area contributed by atoms with Crippen molar-refractivity contribution in [2.24, 2.45) is 17.3 Å². The zero-order valence-corrected chi connectivity index (χ0v) is 18.5. The fraction of sp³-hybridized carbons (Fsp3) is 1.00. The lowest BCUT2D eigenvalue weighted by molar-refractivity contribution is 0.00318. The highest BCUT2D eigenvalue weighted by molar-refractivity contribution is 4.92. The van der Waals surface area contributed by atoms with Crippen molar-refractivity contribution in [3.63, 3.8) is 0 Å². The summed E-state index contributed by atoms with van der Waals surface area (Å²) in [7, 11) is 0. The maximum atomic E-state index is 3.81. The Hall–Kier alpha value is -0.120. The van der Waals surface area contributed by atoms with E-state index in [0.29, 0.717) is 5.41 Å². The first-order chi connectivity index (χ1) is 12.1. The van der Waals surface area contributed by atoms with Crippen molar-refractivity contribution in [3.05, 3.63) is 0 Å². The summed E-state index contributed by atoms with van der Waals surface area (Å²) in [5.41, 5.74) is 0.764. The summed E-state index contributed by atoms with van der Waals surface area (Å²) < 4.78 is 0. The first-order valence-electron chi connectivity index (χ1n) is 11.3. The van der Waals surface area contributed by atoms with Crippen LogP contribution in [0.1, 0.15) is 80.1 Å². The predicted molar refractivity (Wildman–Crippen MR) is 113 cm³/mol. The van der Waals surface area contributed by atoms with Crippen molar-refractivity contribution in [1.82, 2.24) is 15.1 Å². The molecule has 152 valence electrons. The Morgan fingerprint density at radius 1 is 0.808 bits per heavy atom. The van der Waals surface area contributed by atoms with Gasteiger partial charge in [-0.2, -0.15) is 0 Å². The SMILES string of the molecule is CC(C)(C)NC1CCC(N2CC(CN3CCC(C(C)(C)C)CC3)C2)CC1. The van der Waals surface area contributed by atoms with E-state index >= 15 is 0 Å². The zero-order valence-electron chi connectivity index (χ0n) is 18.5. The maximum Gasteiger partial charge on any atom is 0.00990 e. The highest BCUT2D eigenvalue weighted by atomic mass is 15.2. The summed E-state index contributed by atoms with van der Waals surface area (Å²) in [6, 6.07) is 1.61. The molecule has 1 N–H and O–H groups in total. The van der Waals surface area contributed by atoms with Crippen LogP contribution in [0.4, 0.5) is 0 Å². The van der Waals surface area contributed by atoms with E-state index in [1.54, 1.807) is 0 Å². The Kier molecular flexibility index (Phi) is 6.41. The van der Waals surface area contributed by atoms with Gasteiger partial charge in [-0.1, -0.05) is 20.8 Å². The second-order valence-corrected chi connectivity index (χ2v) is 11.7. The molecule has 3 fully saturated rings. The molecule has 2 aliphatic heterocycles. The van der Waals surface area contributed by atoms with Gasteiger partial charge in [0.15, 0.2) is 0 Å². The largest absolute Gasteiger partial charge is 0.309 e. The molecule has 26 heavy (non-hydrogen) atoms. The van der Waals surface area contributed by atoms with Gasteiger partial charge in [-0.15, -0.1) is 0 Å². The van der Waals surface area contributed by atoms with E-state index in [-0.39, 0.29) is 5.54 Å². The van der Waals surface area contributed by atoms with Crippen LogP contribution in [0.3, 0.4) is 0 Å². The zero-order chi connectivity index (χ0) is 18.9. The molecule has 1 saturated carbocycles. The van der Waals surface area contributed by atoms with Crippen molar-refractivity contribution < 1.29 is 0 Å². The molecule has 0 unspecified atom stereocenters. The van der Waals surface area contributed by atoms with Crippen molar-refractivity contribution in [2.75, 3.05) is 32.7 Å². The minimum atomic E-state index is 0.264. The normalized spacial score (nSPS) is 31.2. The molecule has 0 atom stereocenters. The first kappa shape index (κ1) is 20.6. The van der Waals surface area contributed by atoms with Crippen LogP contribution < -0.4 is 5.32 Å². The van der Waals surface area contributed by atoms with Crippen molar-refractivity contribution >= 4 is 0 Å². The van der Waals surface area contributed by atoms with Crippen LogP contribution in [0.2, 0.25) is 0 Å². The van der Waals surface area contributed by atoms with Crippen LogP contribution in [0.5, 0.6) is 0 Å². The number of piperidine rings is 1. The molecule has 3 rings (SSSR count). The molecule has 2 saturated heterocycles. The van der Waals surface area contributed by atoms with Gasteiger partial charge < -0.3 is 10.2 Å². The summed E-state index contributed by atoms with van der Waals surface area (Å²) in [5, 5.41) is 3.81. The quantitative estimate of drug-likeness (QED) is 0.800. The summed E-state index contributed by atoms with van der Waals surface area (Å²) in [6.45, 7) is 20.9. The van der Waals surface area contributed by atoms with Gasteiger partial charge in [0.05, 0.1) is 0 Å². The molecule has 3 aliphatic rings. The Balaban J connectivity index is 1.31. The van der Waals surface area contributed by atoms with Gasteiger partial charge in [0.1, 0.15) is 0 Å². The van der Waals surface area contributed by atoms with E-state index in [1.807, 2.05) is 0 Å². The Labute approximate surface area is 163 Å². The first-order valence-corrected chi connectivity index (χ1v) is 11.3. The fourth-order valence-electron chi connectivity index (χ4n) is 5.57. The average Bonchev–Trinajstić information content (AvgIpc) is 2.50. The second-order valence-electron chi connectivity index (χ2n) is 11.7. The molecular weight excluding hydrogens is 318 g/mol. The number of rotatable bonds is 4. The minimum Gasteiger partial charge on any atom is -0.309 e. The molecule has 0 spiro atoms. The number of nitrogens with one attached hydrogen (secondary N) is 1. The van der Waals surface area contributed by atoms with Crippen LogP contribution in [-0.4, -0.2) is 60.1 Å². The molecule has 0 radical (unpaired) electrons. The highest BCUT2D eigenvalue weighted by Crippen LogP contribution is 2.35. The van der Waals surface area contributed by atoms with Crippen LogP contribution in [0.25, 0.3) is 0 Å². The second kappa shape index (κ2) is 8.09. The summed E-state index contributed by atoms with van der Waals surface area (Å²) in [4.78, 5) is 5.55.